The summed E-state index contributed by atoms with van der Waals surface area (Å²) in [4.78, 5) is 27.2. The van der Waals surface area contributed by atoms with Gasteiger partial charge in [-0.3, -0.25) is 9.36 Å². The number of carbonyl (C=O) groups is 1. The van der Waals surface area contributed by atoms with Crippen molar-refractivity contribution in [3.8, 4) is 5.75 Å². The molecule has 0 aliphatic heterocycles. The second-order valence-electron chi connectivity index (χ2n) is 7.84. The lowest BCUT2D eigenvalue weighted by Crippen LogP contribution is -2.23. The normalized spacial score (nSPS) is 11.2. The van der Waals surface area contributed by atoms with Crippen molar-refractivity contribution in [1.29, 1.82) is 0 Å². The molecular formula is C25H24ClN3O4. The Kier molecular flexibility index (Phi) is 6.82. The molecule has 1 amide bonds. The maximum atomic E-state index is 13.0. The van der Waals surface area contributed by atoms with Crippen LogP contribution in [0.15, 0.2) is 75.9 Å². The fraction of sp³-hybridized carbons (Fsp3) is 0.200. The molecule has 0 bridgehead atoms. The quantitative estimate of drug-likeness (QED) is 0.410. The smallest absolute Gasteiger partial charge is 0.419 e. The van der Waals surface area contributed by atoms with Gasteiger partial charge in [0.05, 0.1) is 11.1 Å². The summed E-state index contributed by atoms with van der Waals surface area (Å²) in [7, 11) is 3.87. The van der Waals surface area contributed by atoms with Crippen LogP contribution in [0.3, 0.4) is 0 Å². The second kappa shape index (κ2) is 9.94. The minimum Gasteiger partial charge on any atom is -0.488 e. The van der Waals surface area contributed by atoms with E-state index in [9.17, 15) is 9.59 Å². The number of amides is 1. The van der Waals surface area contributed by atoms with Crippen LogP contribution in [0.4, 0.5) is 5.69 Å². The molecule has 4 rings (SSSR count). The van der Waals surface area contributed by atoms with Crippen LogP contribution in [0, 0.1) is 0 Å². The van der Waals surface area contributed by atoms with Gasteiger partial charge < -0.3 is 19.4 Å². The summed E-state index contributed by atoms with van der Waals surface area (Å²) in [6.45, 7) is 1.40. The van der Waals surface area contributed by atoms with E-state index in [1.807, 2.05) is 37.2 Å². The first-order valence-corrected chi connectivity index (χ1v) is 10.8. The second-order valence-corrected chi connectivity index (χ2v) is 8.24. The first kappa shape index (κ1) is 22.6. The Morgan fingerprint density at radius 2 is 1.85 bits per heavy atom. The number of anilines is 1. The van der Waals surface area contributed by atoms with Crippen molar-refractivity contribution in [3.63, 3.8) is 0 Å². The Labute approximate surface area is 196 Å². The van der Waals surface area contributed by atoms with E-state index >= 15 is 0 Å². The number of likely N-dealkylation sites (N-methyl/N-ethyl adjacent to an activating group) is 1. The number of carbonyl (C=O) groups excluding carboxylic acids is 1. The van der Waals surface area contributed by atoms with Crippen molar-refractivity contribution in [3.05, 3.63) is 93.4 Å². The van der Waals surface area contributed by atoms with Crippen molar-refractivity contribution < 1.29 is 13.9 Å². The molecular weight excluding hydrogens is 442 g/mol. The number of hydrogen-bond donors (Lipinski definition) is 1. The fourth-order valence-corrected chi connectivity index (χ4v) is 3.59. The van der Waals surface area contributed by atoms with Gasteiger partial charge in [-0.05, 0) is 50.5 Å². The van der Waals surface area contributed by atoms with Crippen LogP contribution >= 0.6 is 11.6 Å². The largest absolute Gasteiger partial charge is 0.488 e. The van der Waals surface area contributed by atoms with Gasteiger partial charge in [0, 0.05) is 29.4 Å². The fourth-order valence-electron chi connectivity index (χ4n) is 3.40. The van der Waals surface area contributed by atoms with Crippen LogP contribution < -0.4 is 15.8 Å². The number of oxazole rings is 1. The summed E-state index contributed by atoms with van der Waals surface area (Å²) in [6.07, 6.45) is 0. The number of nitrogens with one attached hydrogen (secondary N) is 1. The number of aromatic nitrogens is 1. The third-order valence-electron chi connectivity index (χ3n) is 5.17. The highest BCUT2D eigenvalue weighted by atomic mass is 35.5. The summed E-state index contributed by atoms with van der Waals surface area (Å²) >= 11 is 6.21. The first-order valence-electron chi connectivity index (χ1n) is 10.5. The standard InChI is InChI=1S/C25H24ClN3O4/c1-28(2)13-14-29-21-15-18(11-12-23(21)33-25(29)31)27-24(30)19-8-4-6-10-22(19)32-16-17-7-3-5-9-20(17)26/h3-12,15H,13-14,16H2,1-2H3,(H,27,30). The van der Waals surface area contributed by atoms with Gasteiger partial charge in [-0.15, -0.1) is 0 Å². The Balaban J connectivity index is 1.54. The van der Waals surface area contributed by atoms with Crippen LogP contribution in [0.5, 0.6) is 5.75 Å². The maximum absolute atomic E-state index is 13.0. The molecule has 0 fully saturated rings. The Morgan fingerprint density at radius 1 is 1.09 bits per heavy atom. The van der Waals surface area contributed by atoms with Crippen molar-refractivity contribution >= 4 is 34.3 Å². The van der Waals surface area contributed by atoms with E-state index in [0.717, 1.165) is 5.56 Å². The molecule has 1 aromatic heterocycles. The average molecular weight is 466 g/mol. The minimum absolute atomic E-state index is 0.239. The van der Waals surface area contributed by atoms with Gasteiger partial charge in [0.1, 0.15) is 12.4 Å². The van der Waals surface area contributed by atoms with Gasteiger partial charge in [0.2, 0.25) is 0 Å². The van der Waals surface area contributed by atoms with Crippen LogP contribution in [-0.2, 0) is 13.2 Å². The molecule has 0 spiro atoms. The number of hydrogen-bond acceptors (Lipinski definition) is 5. The Hall–Kier alpha value is -3.55. The summed E-state index contributed by atoms with van der Waals surface area (Å²) in [5, 5.41) is 3.49. The Bertz CT molecular complexity index is 1340. The average Bonchev–Trinajstić information content (AvgIpc) is 3.11. The van der Waals surface area contributed by atoms with E-state index in [0.29, 0.717) is 46.2 Å². The number of halogens is 1. The molecule has 0 aliphatic carbocycles. The molecule has 0 radical (unpaired) electrons. The third kappa shape index (κ3) is 5.27. The zero-order valence-electron chi connectivity index (χ0n) is 18.4. The number of nitrogens with zero attached hydrogens (tertiary/aromatic N) is 2. The monoisotopic (exact) mass is 465 g/mol. The summed E-state index contributed by atoms with van der Waals surface area (Å²) in [6, 6.07) is 19.5. The molecule has 170 valence electrons. The molecule has 0 atom stereocenters. The van der Waals surface area contributed by atoms with Gasteiger partial charge >= 0.3 is 5.76 Å². The van der Waals surface area contributed by atoms with Gasteiger partial charge in [-0.2, -0.15) is 0 Å². The molecule has 33 heavy (non-hydrogen) atoms. The van der Waals surface area contributed by atoms with Gasteiger partial charge in [-0.1, -0.05) is 41.9 Å². The van der Waals surface area contributed by atoms with Crippen molar-refractivity contribution in [2.45, 2.75) is 13.2 Å². The number of benzene rings is 3. The summed E-state index contributed by atoms with van der Waals surface area (Å²) in [5.41, 5.74) is 2.87. The maximum Gasteiger partial charge on any atom is 0.419 e. The van der Waals surface area contributed by atoms with Crippen LogP contribution in [0.2, 0.25) is 5.02 Å². The van der Waals surface area contributed by atoms with E-state index in [1.165, 1.54) is 0 Å². The summed E-state index contributed by atoms with van der Waals surface area (Å²) < 4.78 is 12.8. The highest BCUT2D eigenvalue weighted by molar-refractivity contribution is 6.31. The van der Waals surface area contributed by atoms with Crippen LogP contribution in [0.1, 0.15) is 15.9 Å². The highest BCUT2D eigenvalue weighted by Crippen LogP contribution is 2.24. The van der Waals surface area contributed by atoms with Gasteiger partial charge in [0.15, 0.2) is 5.58 Å². The van der Waals surface area contributed by atoms with Crippen molar-refractivity contribution in [2.75, 3.05) is 26.0 Å². The minimum atomic E-state index is -0.423. The van der Waals surface area contributed by atoms with Crippen molar-refractivity contribution in [2.24, 2.45) is 0 Å². The number of para-hydroxylation sites is 1. The molecule has 8 heteroatoms. The lowest BCUT2D eigenvalue weighted by Gasteiger charge is -2.13. The Morgan fingerprint density at radius 3 is 2.64 bits per heavy atom. The molecule has 3 aromatic carbocycles. The highest BCUT2D eigenvalue weighted by Gasteiger charge is 2.15. The summed E-state index contributed by atoms with van der Waals surface area (Å²) in [5.74, 6) is -0.300. The van der Waals surface area contributed by atoms with Crippen LogP contribution in [0.25, 0.3) is 11.1 Å². The molecule has 0 saturated heterocycles. The van der Waals surface area contributed by atoms with Gasteiger partial charge in [0.25, 0.3) is 5.91 Å². The van der Waals surface area contributed by atoms with Crippen molar-refractivity contribution in [1.82, 2.24) is 9.47 Å². The van der Waals surface area contributed by atoms with E-state index in [4.69, 9.17) is 20.8 Å². The van der Waals surface area contributed by atoms with Gasteiger partial charge in [-0.25, -0.2) is 4.79 Å². The number of rotatable bonds is 8. The zero-order chi connectivity index (χ0) is 23.4. The topological polar surface area (TPSA) is 76.7 Å². The predicted octanol–water partition coefficient (Wildman–Crippen LogP) is 4.64. The third-order valence-corrected chi connectivity index (χ3v) is 5.54. The van der Waals surface area contributed by atoms with Crippen LogP contribution in [-0.4, -0.2) is 36.0 Å². The van der Waals surface area contributed by atoms with E-state index in [2.05, 4.69) is 5.32 Å². The predicted molar refractivity (Wildman–Crippen MR) is 129 cm³/mol. The molecule has 1 heterocycles. The molecule has 1 N–H and O–H groups in total. The first-order chi connectivity index (χ1) is 15.9. The molecule has 0 saturated carbocycles. The zero-order valence-corrected chi connectivity index (χ0v) is 19.1. The molecule has 4 aromatic rings. The number of fused-ring (bicyclic) bond motifs is 1. The van der Waals surface area contributed by atoms with E-state index in [1.54, 1.807) is 53.1 Å². The van der Waals surface area contributed by atoms with E-state index in [-0.39, 0.29) is 12.5 Å². The molecule has 7 nitrogen and oxygen atoms in total. The lowest BCUT2D eigenvalue weighted by atomic mass is 10.1. The SMILES string of the molecule is CN(C)CCn1c(=O)oc2ccc(NC(=O)c3ccccc3OCc3ccccc3Cl)cc21. The lowest BCUT2D eigenvalue weighted by molar-refractivity contribution is 0.102. The molecule has 0 aliphatic rings. The molecule has 0 unspecified atom stereocenters. The number of ether oxygens (including phenoxy) is 1. The van der Waals surface area contributed by atoms with E-state index < -0.39 is 5.76 Å².